The molecule has 3 aromatic carbocycles. The lowest BCUT2D eigenvalue weighted by molar-refractivity contribution is -0.185. The highest BCUT2D eigenvalue weighted by Gasteiger charge is 2.41. The summed E-state index contributed by atoms with van der Waals surface area (Å²) in [4.78, 5) is 8.24. The number of likely N-dealkylation sites (tertiary alicyclic amines) is 1. The molecule has 47 heavy (non-hydrogen) atoms. The Kier molecular flexibility index (Phi) is 11.2. The number of nitrogens with zero attached hydrogens (tertiary/aromatic N) is 3. The van der Waals surface area contributed by atoms with E-state index in [1.54, 1.807) is 0 Å². The zero-order valence-corrected chi connectivity index (χ0v) is 26.5. The second-order valence-electron chi connectivity index (χ2n) is 12.5. The van der Waals surface area contributed by atoms with Crippen LogP contribution in [0.15, 0.2) is 109 Å². The lowest BCUT2D eigenvalue weighted by Crippen LogP contribution is -2.59. The van der Waals surface area contributed by atoms with Crippen LogP contribution < -0.4 is 4.90 Å². The fraction of sp³-hybridized carbons (Fsp3) is 0.395. The molecule has 2 fully saturated rings. The first-order valence-electron chi connectivity index (χ1n) is 16.4. The topological polar surface area (TPSA) is 47.1 Å². The Bertz CT molecular complexity index is 1460. The maximum Gasteiger partial charge on any atom is 0.418 e. The van der Waals surface area contributed by atoms with Crippen molar-refractivity contribution in [2.75, 3.05) is 37.6 Å². The number of halogens is 3. The second kappa shape index (κ2) is 15.9. The first-order chi connectivity index (χ1) is 22.9. The zero-order chi connectivity index (χ0) is 32.5. The lowest BCUT2D eigenvalue weighted by atomic mass is 9.94. The molecule has 0 N–H and O–H groups in total. The van der Waals surface area contributed by atoms with E-state index in [4.69, 9.17) is 14.2 Å². The number of benzene rings is 3. The van der Waals surface area contributed by atoms with Crippen LogP contribution in [-0.4, -0.2) is 60.9 Å². The van der Waals surface area contributed by atoms with Gasteiger partial charge in [0, 0.05) is 38.9 Å². The van der Waals surface area contributed by atoms with E-state index in [0.717, 1.165) is 42.1 Å². The standard InChI is InChI=1S/C38H42F3N3O3/c39-38(40,41)33-18-19-42-21-34(33)44-20-10-17-32(23-44)22-43-24-35(45-26-29-11-4-1-5-12-29)37(47-28-31-15-8-3-9-16-31)36(25-43)46-27-30-13-6-2-7-14-30/h1-9,11-16,18-19,21,32,35-37H,10,17,20,22-28H2/t32-,35-,36+,37?/m1/s1. The Morgan fingerprint density at radius 2 is 1.21 bits per heavy atom. The van der Waals surface area contributed by atoms with Gasteiger partial charge in [0.25, 0.3) is 0 Å². The number of pyridine rings is 1. The van der Waals surface area contributed by atoms with Crippen LogP contribution >= 0.6 is 0 Å². The van der Waals surface area contributed by atoms with Crippen LogP contribution in [0.2, 0.25) is 0 Å². The minimum atomic E-state index is -4.43. The van der Waals surface area contributed by atoms with Gasteiger partial charge in [-0.3, -0.25) is 9.88 Å². The maximum absolute atomic E-state index is 13.9. The third-order valence-electron chi connectivity index (χ3n) is 8.99. The van der Waals surface area contributed by atoms with Crippen LogP contribution in [0.4, 0.5) is 18.9 Å². The van der Waals surface area contributed by atoms with Gasteiger partial charge in [0.05, 0.1) is 49.5 Å². The van der Waals surface area contributed by atoms with E-state index in [1.165, 1.54) is 12.4 Å². The summed E-state index contributed by atoms with van der Waals surface area (Å²) in [5.41, 5.74) is 2.76. The highest BCUT2D eigenvalue weighted by Crippen LogP contribution is 2.37. The van der Waals surface area contributed by atoms with Gasteiger partial charge in [-0.1, -0.05) is 91.0 Å². The van der Waals surface area contributed by atoms with Gasteiger partial charge in [0.15, 0.2) is 0 Å². The largest absolute Gasteiger partial charge is 0.418 e. The monoisotopic (exact) mass is 645 g/mol. The maximum atomic E-state index is 13.9. The number of rotatable bonds is 12. The van der Waals surface area contributed by atoms with Gasteiger partial charge < -0.3 is 19.1 Å². The Labute approximate surface area is 275 Å². The Morgan fingerprint density at radius 3 is 1.74 bits per heavy atom. The molecule has 0 aliphatic carbocycles. The van der Waals surface area contributed by atoms with E-state index in [0.29, 0.717) is 46.0 Å². The van der Waals surface area contributed by atoms with Crippen LogP contribution in [0.3, 0.4) is 0 Å². The molecule has 1 aromatic heterocycles. The average molecular weight is 646 g/mol. The van der Waals surface area contributed by atoms with Crippen LogP contribution in [-0.2, 0) is 40.2 Å². The number of hydrogen-bond donors (Lipinski definition) is 0. The Hall–Kier alpha value is -3.76. The summed E-state index contributed by atoms with van der Waals surface area (Å²) in [5, 5.41) is 0. The molecule has 4 aromatic rings. The van der Waals surface area contributed by atoms with Gasteiger partial charge in [-0.05, 0) is 41.5 Å². The summed E-state index contributed by atoms with van der Waals surface area (Å²) in [5.74, 6) is 0.177. The summed E-state index contributed by atoms with van der Waals surface area (Å²) in [6.45, 7) is 4.41. The van der Waals surface area contributed by atoms with E-state index in [9.17, 15) is 13.2 Å². The number of aromatic nitrogens is 1. The van der Waals surface area contributed by atoms with E-state index in [-0.39, 0.29) is 29.9 Å². The van der Waals surface area contributed by atoms with E-state index in [2.05, 4.69) is 22.0 Å². The van der Waals surface area contributed by atoms with Crippen LogP contribution in [0.5, 0.6) is 0 Å². The van der Waals surface area contributed by atoms with Crippen molar-refractivity contribution >= 4 is 5.69 Å². The smallest absolute Gasteiger partial charge is 0.369 e. The minimum Gasteiger partial charge on any atom is -0.369 e. The molecule has 0 bridgehead atoms. The minimum absolute atomic E-state index is 0.158. The quantitative estimate of drug-likeness (QED) is 0.160. The molecular formula is C38H42F3N3O3. The summed E-state index contributed by atoms with van der Waals surface area (Å²) in [6.07, 6.45) is -0.981. The van der Waals surface area contributed by atoms with E-state index >= 15 is 0 Å². The predicted octanol–water partition coefficient (Wildman–Crippen LogP) is 7.39. The first-order valence-corrected chi connectivity index (χ1v) is 16.4. The number of alkyl halides is 3. The summed E-state index contributed by atoms with van der Waals surface area (Å²) in [7, 11) is 0. The third kappa shape index (κ3) is 9.20. The van der Waals surface area contributed by atoms with Gasteiger partial charge in [0.1, 0.15) is 6.10 Å². The molecule has 0 spiro atoms. The highest BCUT2D eigenvalue weighted by molar-refractivity contribution is 5.53. The first kappa shape index (κ1) is 33.2. The molecule has 4 atom stereocenters. The van der Waals surface area contributed by atoms with Crippen molar-refractivity contribution in [3.63, 3.8) is 0 Å². The molecule has 6 rings (SSSR count). The van der Waals surface area contributed by atoms with Crippen molar-refractivity contribution < 1.29 is 27.4 Å². The molecule has 248 valence electrons. The van der Waals surface area contributed by atoms with Crippen molar-refractivity contribution in [1.82, 2.24) is 9.88 Å². The molecule has 6 nitrogen and oxygen atoms in total. The number of anilines is 1. The third-order valence-corrected chi connectivity index (χ3v) is 8.99. The van der Waals surface area contributed by atoms with Gasteiger partial charge in [-0.25, -0.2) is 0 Å². The SMILES string of the molecule is FC(F)(F)c1ccncc1N1CCC[C@H](CN2C[C@H](OCc3ccccc3)C(OCc3ccccc3)[C@H](OCc3ccccc3)C2)C1. The molecular weight excluding hydrogens is 603 g/mol. The normalized spacial score (nSPS) is 22.3. The van der Waals surface area contributed by atoms with Crippen molar-refractivity contribution in [2.45, 2.75) is 57.2 Å². The van der Waals surface area contributed by atoms with Crippen LogP contribution in [0.25, 0.3) is 0 Å². The molecule has 2 aliphatic rings. The summed E-state index contributed by atoms with van der Waals surface area (Å²) in [6, 6.07) is 31.4. The molecule has 9 heteroatoms. The molecule has 2 saturated heterocycles. The summed E-state index contributed by atoms with van der Waals surface area (Å²) >= 11 is 0. The average Bonchev–Trinajstić information content (AvgIpc) is 3.10. The van der Waals surface area contributed by atoms with Gasteiger partial charge >= 0.3 is 6.18 Å². The van der Waals surface area contributed by atoms with E-state index < -0.39 is 11.7 Å². The Balaban J connectivity index is 1.20. The molecule has 3 heterocycles. The number of ether oxygens (including phenoxy) is 3. The fourth-order valence-electron chi connectivity index (χ4n) is 6.69. The molecule has 2 aliphatic heterocycles. The highest BCUT2D eigenvalue weighted by atomic mass is 19.4. The number of piperidine rings is 2. The van der Waals surface area contributed by atoms with Crippen LogP contribution in [0.1, 0.15) is 35.1 Å². The molecule has 1 unspecified atom stereocenters. The van der Waals surface area contributed by atoms with Gasteiger partial charge in [-0.15, -0.1) is 0 Å². The predicted molar refractivity (Wildman–Crippen MR) is 176 cm³/mol. The van der Waals surface area contributed by atoms with Gasteiger partial charge in [0.2, 0.25) is 0 Å². The van der Waals surface area contributed by atoms with Crippen molar-refractivity contribution in [2.24, 2.45) is 5.92 Å². The lowest BCUT2D eigenvalue weighted by Gasteiger charge is -2.45. The van der Waals surface area contributed by atoms with Gasteiger partial charge in [-0.2, -0.15) is 13.2 Å². The van der Waals surface area contributed by atoms with Crippen LogP contribution in [0, 0.1) is 5.92 Å². The van der Waals surface area contributed by atoms with Crippen molar-refractivity contribution in [3.05, 3.63) is 132 Å². The molecule has 0 saturated carbocycles. The summed E-state index contributed by atoms with van der Waals surface area (Å²) < 4.78 is 61.4. The molecule has 0 amide bonds. The zero-order valence-electron chi connectivity index (χ0n) is 26.5. The fourth-order valence-corrected chi connectivity index (χ4v) is 6.69. The van der Waals surface area contributed by atoms with E-state index in [1.807, 2.05) is 83.8 Å². The molecule has 0 radical (unpaired) electrons. The Morgan fingerprint density at radius 1 is 0.681 bits per heavy atom. The number of hydrogen-bond acceptors (Lipinski definition) is 6. The second-order valence-corrected chi connectivity index (χ2v) is 12.5. The van der Waals surface area contributed by atoms with Crippen molar-refractivity contribution in [3.8, 4) is 0 Å². The van der Waals surface area contributed by atoms with Crippen molar-refractivity contribution in [1.29, 1.82) is 0 Å².